The molecule has 0 radical (unpaired) electrons. The molecule has 0 N–H and O–H groups in total. The second kappa shape index (κ2) is 10.5. The molecule has 5 aromatic carbocycles. The highest BCUT2D eigenvalue weighted by Gasteiger charge is 2.40. The van der Waals surface area contributed by atoms with Gasteiger partial charge in [0, 0.05) is 63.5 Å². The second-order valence-electron chi connectivity index (χ2n) is 13.9. The first-order valence-corrected chi connectivity index (χ1v) is 16.7. The fourth-order valence-electron chi connectivity index (χ4n) is 6.76. The third kappa shape index (κ3) is 4.79. The number of rotatable bonds is 4. The van der Waals surface area contributed by atoms with E-state index >= 15 is 0 Å². The summed E-state index contributed by atoms with van der Waals surface area (Å²) >= 11 is 7.35. The summed E-state index contributed by atoms with van der Waals surface area (Å²) in [6, 6.07) is 10.1. The van der Waals surface area contributed by atoms with Gasteiger partial charge >= 0.3 is 11.9 Å². The van der Waals surface area contributed by atoms with Crippen LogP contribution in [0.4, 0.5) is 0 Å². The predicted molar refractivity (Wildman–Crippen MR) is 185 cm³/mol. The minimum Gasteiger partial charge on any atom is -0.459 e. The number of hydrogen-bond acceptors (Lipinski definition) is 8. The van der Waals surface area contributed by atoms with E-state index in [0.717, 1.165) is 9.80 Å². The van der Waals surface area contributed by atoms with Gasteiger partial charge in [0.25, 0.3) is 23.6 Å². The average Bonchev–Trinajstić information content (AvgIpc) is 2.97. The number of hydrogen-bond donors (Lipinski definition) is 0. The van der Waals surface area contributed by atoms with Crippen molar-refractivity contribution in [2.24, 2.45) is 0 Å². The molecule has 2 heterocycles. The first kappa shape index (κ1) is 32.1. The van der Waals surface area contributed by atoms with Crippen LogP contribution in [0, 0.1) is 0 Å². The number of nitrogens with zero attached hydrogens (tertiary/aromatic N) is 2. The number of amides is 4. The molecule has 48 heavy (non-hydrogen) atoms. The van der Waals surface area contributed by atoms with Crippen LogP contribution in [0.15, 0.2) is 45.3 Å². The molecule has 2 aliphatic heterocycles. The lowest BCUT2D eigenvalue weighted by atomic mass is 9.82. The quantitative estimate of drug-likeness (QED) is 0.0817. The zero-order valence-electron chi connectivity index (χ0n) is 26.8. The third-order valence-electron chi connectivity index (χ3n) is 8.32. The largest absolute Gasteiger partial charge is 0.459 e. The van der Waals surface area contributed by atoms with Crippen LogP contribution in [-0.2, 0) is 19.1 Å². The summed E-state index contributed by atoms with van der Waals surface area (Å²) in [4.78, 5) is 82.4. The first-order valence-electron chi connectivity index (χ1n) is 15.1. The van der Waals surface area contributed by atoms with Gasteiger partial charge in [-0.25, -0.2) is 0 Å². The van der Waals surface area contributed by atoms with Gasteiger partial charge in [0.1, 0.15) is 24.3 Å². The SMILES string of the molecule is CC(C)(C)OC(=O)CN1C(=O)c2ccc3c4c(Br)cc5c6c(ccc(c7c(Br)cc(c2c37)C1=O)c64)C(=O)N(CC(=O)OC(C)(C)C)C5=O. The molecule has 4 amide bonds. The molecule has 12 heteroatoms. The highest BCUT2D eigenvalue weighted by Crippen LogP contribution is 2.50. The highest BCUT2D eigenvalue weighted by atomic mass is 79.9. The summed E-state index contributed by atoms with van der Waals surface area (Å²) in [5, 5.41) is 4.93. The fraction of sp³-hybridized carbons (Fsp3) is 0.278. The van der Waals surface area contributed by atoms with E-state index in [1.165, 1.54) is 0 Å². The Morgan fingerprint density at radius 2 is 0.875 bits per heavy atom. The molecule has 0 unspecified atom stereocenters. The number of imide groups is 2. The van der Waals surface area contributed by atoms with Gasteiger partial charge in [-0.3, -0.25) is 38.6 Å². The lowest BCUT2D eigenvalue weighted by molar-refractivity contribution is -0.156. The average molecular weight is 776 g/mol. The van der Waals surface area contributed by atoms with Crippen LogP contribution in [0.3, 0.4) is 0 Å². The van der Waals surface area contributed by atoms with Crippen molar-refractivity contribution in [2.75, 3.05) is 13.1 Å². The Morgan fingerprint density at radius 3 is 1.21 bits per heavy atom. The Hall–Kier alpha value is -4.42. The van der Waals surface area contributed by atoms with Crippen molar-refractivity contribution in [3.05, 3.63) is 67.6 Å². The molecule has 2 aliphatic rings. The van der Waals surface area contributed by atoms with Gasteiger partial charge < -0.3 is 9.47 Å². The maximum absolute atomic E-state index is 13.8. The summed E-state index contributed by atoms with van der Waals surface area (Å²) in [6.45, 7) is 9.15. The van der Waals surface area contributed by atoms with Crippen molar-refractivity contribution in [1.29, 1.82) is 0 Å². The molecule has 0 fully saturated rings. The highest BCUT2D eigenvalue weighted by molar-refractivity contribution is 9.11. The van der Waals surface area contributed by atoms with Crippen LogP contribution < -0.4 is 0 Å². The number of halogens is 2. The van der Waals surface area contributed by atoms with Crippen LogP contribution in [0.5, 0.6) is 0 Å². The Labute approximate surface area is 290 Å². The van der Waals surface area contributed by atoms with Crippen molar-refractivity contribution in [3.63, 3.8) is 0 Å². The van der Waals surface area contributed by atoms with E-state index in [4.69, 9.17) is 9.47 Å². The van der Waals surface area contributed by atoms with Gasteiger partial charge in [-0.05, 0) is 76.6 Å². The zero-order valence-corrected chi connectivity index (χ0v) is 30.0. The molecule has 0 bridgehead atoms. The molecule has 0 saturated heterocycles. The first-order chi connectivity index (χ1) is 22.4. The molecular formula is C36H28Br2N2O8. The smallest absolute Gasteiger partial charge is 0.326 e. The number of carbonyl (C=O) groups excluding carboxylic acids is 6. The van der Waals surface area contributed by atoms with Crippen LogP contribution in [0.25, 0.3) is 43.1 Å². The van der Waals surface area contributed by atoms with Crippen LogP contribution in [0.1, 0.15) is 83.0 Å². The third-order valence-corrected chi connectivity index (χ3v) is 9.58. The topological polar surface area (TPSA) is 127 Å². The minimum absolute atomic E-state index is 0.244. The summed E-state index contributed by atoms with van der Waals surface area (Å²) < 4.78 is 11.9. The van der Waals surface area contributed by atoms with Gasteiger partial charge in [0.2, 0.25) is 0 Å². The summed E-state index contributed by atoms with van der Waals surface area (Å²) in [6.07, 6.45) is 0. The number of fused-ring (bicyclic) bond motifs is 2. The Morgan fingerprint density at radius 1 is 0.542 bits per heavy atom. The number of ether oxygens (including phenoxy) is 2. The summed E-state index contributed by atoms with van der Waals surface area (Å²) in [5.41, 5.74) is -0.589. The van der Waals surface area contributed by atoms with Crippen molar-refractivity contribution in [1.82, 2.24) is 9.80 Å². The van der Waals surface area contributed by atoms with Crippen LogP contribution in [-0.4, -0.2) is 69.7 Å². The van der Waals surface area contributed by atoms with E-state index in [2.05, 4.69) is 31.9 Å². The minimum atomic E-state index is -0.797. The van der Waals surface area contributed by atoms with Gasteiger partial charge in [-0.1, -0.05) is 44.0 Å². The van der Waals surface area contributed by atoms with Gasteiger partial charge in [0.15, 0.2) is 0 Å². The van der Waals surface area contributed by atoms with Crippen LogP contribution >= 0.6 is 31.9 Å². The van der Waals surface area contributed by atoms with Gasteiger partial charge in [-0.15, -0.1) is 0 Å². The molecule has 0 aromatic heterocycles. The summed E-state index contributed by atoms with van der Waals surface area (Å²) in [7, 11) is 0. The molecule has 0 saturated carbocycles. The van der Waals surface area contributed by atoms with Crippen molar-refractivity contribution >= 4 is 111 Å². The van der Waals surface area contributed by atoms with Crippen molar-refractivity contribution < 1.29 is 38.2 Å². The van der Waals surface area contributed by atoms with Crippen LogP contribution in [0.2, 0.25) is 0 Å². The van der Waals surface area contributed by atoms with E-state index in [0.29, 0.717) is 52.0 Å². The Bertz CT molecular complexity index is 2200. The monoisotopic (exact) mass is 774 g/mol. The number of benzene rings is 5. The zero-order chi connectivity index (χ0) is 34.8. The predicted octanol–water partition coefficient (Wildman–Crippen LogP) is 7.14. The molecule has 10 nitrogen and oxygen atoms in total. The molecule has 7 rings (SSSR count). The fourth-order valence-corrected chi connectivity index (χ4v) is 8.04. The molecule has 0 atom stereocenters. The maximum atomic E-state index is 13.8. The van der Waals surface area contributed by atoms with E-state index in [9.17, 15) is 28.8 Å². The second-order valence-corrected chi connectivity index (χ2v) is 15.7. The van der Waals surface area contributed by atoms with E-state index in [-0.39, 0.29) is 22.3 Å². The lowest BCUT2D eigenvalue weighted by Crippen LogP contribution is -2.45. The number of carbonyl (C=O) groups is 6. The Kier molecular flexibility index (Phi) is 7.06. The maximum Gasteiger partial charge on any atom is 0.326 e. The Balaban J connectivity index is 1.45. The molecule has 0 spiro atoms. The molecule has 0 aliphatic carbocycles. The van der Waals surface area contributed by atoms with E-state index < -0.39 is 59.9 Å². The van der Waals surface area contributed by atoms with Crippen molar-refractivity contribution in [2.45, 2.75) is 52.7 Å². The summed E-state index contributed by atoms with van der Waals surface area (Å²) in [5.74, 6) is -3.89. The van der Waals surface area contributed by atoms with Gasteiger partial charge in [-0.2, -0.15) is 0 Å². The molecule has 244 valence electrons. The van der Waals surface area contributed by atoms with E-state index in [1.807, 2.05) is 0 Å². The van der Waals surface area contributed by atoms with Gasteiger partial charge in [0.05, 0.1) is 0 Å². The van der Waals surface area contributed by atoms with Crippen molar-refractivity contribution in [3.8, 4) is 0 Å². The molecular weight excluding hydrogens is 748 g/mol. The standard InChI is InChI=1S/C36H28Br2N2O8/c1-35(2,3)47-23(41)13-39-31(43)17-9-7-15-28-22(38)12-20-26-18(32(44)40(34(20)46)14-24(42)48-36(4,5)6)10-8-16(30(26)28)27-21(37)11-19(33(39)45)25(17)29(15)27/h7-12H,13-14H2,1-6H3. The molecule has 5 aromatic rings. The lowest BCUT2D eigenvalue weighted by Gasteiger charge is -2.31. The normalized spacial score (nSPS) is 15.1. The number of esters is 2. The van der Waals surface area contributed by atoms with E-state index in [1.54, 1.807) is 77.9 Å².